The molecule has 0 aliphatic heterocycles. The highest BCUT2D eigenvalue weighted by Gasteiger charge is 2.25. The lowest BCUT2D eigenvalue weighted by Crippen LogP contribution is -2.31. The van der Waals surface area contributed by atoms with Gasteiger partial charge in [-0.3, -0.25) is 14.5 Å². The zero-order valence-electron chi connectivity index (χ0n) is 12.1. The van der Waals surface area contributed by atoms with E-state index in [9.17, 15) is 4.79 Å². The number of fused-ring (bicyclic) bond motifs is 1. The fourth-order valence-electron chi connectivity index (χ4n) is 2.79. The summed E-state index contributed by atoms with van der Waals surface area (Å²) in [5.41, 5.74) is 3.51. The maximum atomic E-state index is 12.4. The maximum Gasteiger partial charge on any atom is 0.254 e. The Hall–Kier alpha value is -1.88. The molecule has 0 fully saturated rings. The lowest BCUT2D eigenvalue weighted by Gasteiger charge is -2.24. The molecule has 0 radical (unpaired) electrons. The summed E-state index contributed by atoms with van der Waals surface area (Å²) in [4.78, 5) is 16.5. The molecule has 0 saturated carbocycles. The predicted molar refractivity (Wildman–Crippen MR) is 80.3 cm³/mol. The van der Waals surface area contributed by atoms with E-state index < -0.39 is 0 Å². The Morgan fingerprint density at radius 2 is 2.29 bits per heavy atom. The number of pyridine rings is 1. The van der Waals surface area contributed by atoms with Gasteiger partial charge in [0, 0.05) is 30.2 Å². The number of carbonyl (C=O) groups is 1. The zero-order chi connectivity index (χ0) is 15.0. The van der Waals surface area contributed by atoms with Crippen LogP contribution in [-0.2, 0) is 13.5 Å². The van der Waals surface area contributed by atoms with E-state index >= 15 is 0 Å². The molecule has 1 N–H and O–H groups in total. The molecule has 110 valence electrons. The molecular weight excluding hydrogens is 288 g/mol. The number of nitrogens with zero attached hydrogens (tertiary/aromatic N) is 3. The average molecular weight is 305 g/mol. The smallest absolute Gasteiger partial charge is 0.254 e. The van der Waals surface area contributed by atoms with Crippen LogP contribution in [0, 0.1) is 6.92 Å². The molecule has 21 heavy (non-hydrogen) atoms. The standard InChI is InChI=1S/C15H17ClN4O/c1-9-6-12(16)10(7-17-9)15(21)19-13-4-3-5-14-11(13)8-18-20(14)2/h6-8,13H,3-5H2,1-2H3,(H,19,21). The quantitative estimate of drug-likeness (QED) is 0.927. The molecule has 3 rings (SSSR count). The van der Waals surface area contributed by atoms with Crippen molar-refractivity contribution in [2.24, 2.45) is 7.05 Å². The normalized spacial score (nSPS) is 17.4. The predicted octanol–water partition coefficient (Wildman–Crippen LogP) is 2.58. The van der Waals surface area contributed by atoms with Crippen LogP contribution in [0.1, 0.15) is 46.2 Å². The van der Waals surface area contributed by atoms with Crippen LogP contribution in [0.3, 0.4) is 0 Å². The minimum absolute atomic E-state index is 0.00711. The van der Waals surface area contributed by atoms with Crippen LogP contribution in [0.25, 0.3) is 0 Å². The van der Waals surface area contributed by atoms with E-state index in [0.29, 0.717) is 10.6 Å². The second-order valence-corrected chi connectivity index (χ2v) is 5.80. The first-order chi connectivity index (χ1) is 10.1. The largest absolute Gasteiger partial charge is 0.345 e. The van der Waals surface area contributed by atoms with E-state index in [1.54, 1.807) is 6.07 Å². The summed E-state index contributed by atoms with van der Waals surface area (Å²) < 4.78 is 1.88. The third-order valence-electron chi connectivity index (χ3n) is 3.92. The molecule has 1 aliphatic rings. The molecule has 1 amide bonds. The van der Waals surface area contributed by atoms with Gasteiger partial charge in [0.25, 0.3) is 5.91 Å². The van der Waals surface area contributed by atoms with Crippen molar-refractivity contribution < 1.29 is 4.79 Å². The van der Waals surface area contributed by atoms with Crippen molar-refractivity contribution in [1.82, 2.24) is 20.1 Å². The van der Waals surface area contributed by atoms with Crippen LogP contribution in [0.4, 0.5) is 0 Å². The summed E-state index contributed by atoms with van der Waals surface area (Å²) in [5.74, 6) is -0.186. The van der Waals surface area contributed by atoms with E-state index in [2.05, 4.69) is 15.4 Å². The highest BCUT2D eigenvalue weighted by molar-refractivity contribution is 6.33. The third-order valence-corrected chi connectivity index (χ3v) is 4.23. The maximum absolute atomic E-state index is 12.4. The number of carbonyl (C=O) groups excluding carboxylic acids is 1. The number of aromatic nitrogens is 3. The molecule has 2 heterocycles. The van der Waals surface area contributed by atoms with Crippen molar-refractivity contribution in [3.63, 3.8) is 0 Å². The Morgan fingerprint density at radius 3 is 3.05 bits per heavy atom. The van der Waals surface area contributed by atoms with Gasteiger partial charge in [0.15, 0.2) is 0 Å². The number of hydrogen-bond donors (Lipinski definition) is 1. The summed E-state index contributed by atoms with van der Waals surface area (Å²) >= 11 is 6.13. The second-order valence-electron chi connectivity index (χ2n) is 5.39. The van der Waals surface area contributed by atoms with Crippen molar-refractivity contribution in [3.05, 3.63) is 46.0 Å². The molecule has 0 bridgehead atoms. The van der Waals surface area contributed by atoms with Crippen LogP contribution in [0.5, 0.6) is 0 Å². The SMILES string of the molecule is Cc1cc(Cl)c(C(=O)NC2CCCc3c2cnn3C)cn1. The van der Waals surface area contributed by atoms with Crippen molar-refractivity contribution in [3.8, 4) is 0 Å². The number of hydrogen-bond acceptors (Lipinski definition) is 3. The Morgan fingerprint density at radius 1 is 1.48 bits per heavy atom. The van der Waals surface area contributed by atoms with Crippen LogP contribution in [0.15, 0.2) is 18.5 Å². The number of halogens is 1. The molecule has 0 spiro atoms. The molecule has 5 nitrogen and oxygen atoms in total. The van der Waals surface area contributed by atoms with Gasteiger partial charge in [-0.2, -0.15) is 5.10 Å². The molecule has 0 aromatic carbocycles. The summed E-state index contributed by atoms with van der Waals surface area (Å²) in [6.07, 6.45) is 6.33. The van der Waals surface area contributed by atoms with Gasteiger partial charge in [0.2, 0.25) is 0 Å². The molecule has 6 heteroatoms. The summed E-state index contributed by atoms with van der Waals surface area (Å²) in [7, 11) is 1.93. The highest BCUT2D eigenvalue weighted by atomic mass is 35.5. The first-order valence-electron chi connectivity index (χ1n) is 7.00. The van der Waals surface area contributed by atoms with Crippen molar-refractivity contribution in [2.45, 2.75) is 32.2 Å². The number of rotatable bonds is 2. The summed E-state index contributed by atoms with van der Waals surface area (Å²) in [6, 6.07) is 1.69. The van der Waals surface area contributed by atoms with Crippen molar-refractivity contribution >= 4 is 17.5 Å². The van der Waals surface area contributed by atoms with Crippen LogP contribution >= 0.6 is 11.6 Å². The van der Waals surface area contributed by atoms with Gasteiger partial charge in [-0.15, -0.1) is 0 Å². The van der Waals surface area contributed by atoms with Gasteiger partial charge in [-0.25, -0.2) is 0 Å². The van der Waals surface area contributed by atoms with Gasteiger partial charge in [-0.05, 0) is 32.3 Å². The van der Waals surface area contributed by atoms with Gasteiger partial charge in [0.05, 0.1) is 22.8 Å². The molecular formula is C15H17ClN4O. The Balaban J connectivity index is 1.82. The Kier molecular flexibility index (Phi) is 3.68. The van der Waals surface area contributed by atoms with Crippen molar-refractivity contribution in [2.75, 3.05) is 0 Å². The minimum Gasteiger partial charge on any atom is -0.345 e. The summed E-state index contributed by atoms with van der Waals surface area (Å²) in [5, 5.41) is 7.77. The first kappa shape index (κ1) is 14.1. The summed E-state index contributed by atoms with van der Waals surface area (Å²) in [6.45, 7) is 1.84. The molecule has 2 aromatic rings. The van der Waals surface area contributed by atoms with E-state index in [0.717, 1.165) is 30.5 Å². The number of amides is 1. The number of nitrogens with one attached hydrogen (secondary N) is 1. The second kappa shape index (κ2) is 5.48. The van der Waals surface area contributed by atoms with Crippen LogP contribution in [-0.4, -0.2) is 20.7 Å². The van der Waals surface area contributed by atoms with Gasteiger partial charge in [0.1, 0.15) is 0 Å². The minimum atomic E-state index is -0.186. The van der Waals surface area contributed by atoms with Crippen molar-refractivity contribution in [1.29, 1.82) is 0 Å². The lowest BCUT2D eigenvalue weighted by molar-refractivity contribution is 0.0932. The van der Waals surface area contributed by atoms with Crippen LogP contribution < -0.4 is 5.32 Å². The van der Waals surface area contributed by atoms with Gasteiger partial charge < -0.3 is 5.32 Å². The molecule has 1 aliphatic carbocycles. The Bertz CT molecular complexity index is 695. The van der Waals surface area contributed by atoms with E-state index in [1.807, 2.05) is 24.9 Å². The fraction of sp³-hybridized carbons (Fsp3) is 0.400. The monoisotopic (exact) mass is 304 g/mol. The van der Waals surface area contributed by atoms with Crippen LogP contribution in [0.2, 0.25) is 5.02 Å². The average Bonchev–Trinajstić information content (AvgIpc) is 2.81. The first-order valence-corrected chi connectivity index (χ1v) is 7.38. The van der Waals surface area contributed by atoms with Gasteiger partial charge >= 0.3 is 0 Å². The Labute approximate surface area is 128 Å². The lowest BCUT2D eigenvalue weighted by atomic mass is 9.93. The molecule has 0 saturated heterocycles. The molecule has 1 atom stereocenters. The topological polar surface area (TPSA) is 59.8 Å². The fourth-order valence-corrected chi connectivity index (χ4v) is 3.08. The molecule has 2 aromatic heterocycles. The highest BCUT2D eigenvalue weighted by Crippen LogP contribution is 2.29. The third kappa shape index (κ3) is 2.65. The van der Waals surface area contributed by atoms with Gasteiger partial charge in [-0.1, -0.05) is 11.6 Å². The molecule has 1 unspecified atom stereocenters. The van der Waals surface area contributed by atoms with E-state index in [1.165, 1.54) is 11.9 Å². The van der Waals surface area contributed by atoms with E-state index in [4.69, 9.17) is 11.6 Å². The number of aryl methyl sites for hydroxylation is 2. The van der Waals surface area contributed by atoms with E-state index in [-0.39, 0.29) is 11.9 Å². The zero-order valence-corrected chi connectivity index (χ0v) is 12.8.